The molecule has 128 valence electrons. The first kappa shape index (κ1) is 16.8. The van der Waals surface area contributed by atoms with E-state index in [0.717, 1.165) is 29.0 Å². The van der Waals surface area contributed by atoms with Gasteiger partial charge in [-0.25, -0.2) is 8.78 Å². The summed E-state index contributed by atoms with van der Waals surface area (Å²) in [5.74, 6) is -1.74. The Hall–Kier alpha value is -3.09. The van der Waals surface area contributed by atoms with E-state index in [0.29, 0.717) is 0 Å². The summed E-state index contributed by atoms with van der Waals surface area (Å²) in [6.45, 7) is 0.264. The quantitative estimate of drug-likeness (QED) is 0.775. The minimum Gasteiger partial charge on any atom is -0.352 e. The highest BCUT2D eigenvalue weighted by atomic mass is 19.1. The number of rotatable bonds is 5. The molecule has 0 aliphatic rings. The molecule has 0 fully saturated rings. The molecule has 1 amide bonds. The van der Waals surface area contributed by atoms with Gasteiger partial charge in [-0.3, -0.25) is 14.5 Å². The molecule has 1 aromatic carbocycles. The number of hydrogen-bond acceptors (Lipinski definition) is 3. The Bertz CT molecular complexity index is 908. The van der Waals surface area contributed by atoms with Crippen LogP contribution >= 0.6 is 0 Å². The molecule has 25 heavy (non-hydrogen) atoms. The lowest BCUT2D eigenvalue weighted by molar-refractivity contribution is -0.120. The molecule has 0 radical (unpaired) electrons. The van der Waals surface area contributed by atoms with Crippen LogP contribution in [-0.4, -0.2) is 20.7 Å². The van der Waals surface area contributed by atoms with Crippen LogP contribution in [0.1, 0.15) is 11.1 Å². The Morgan fingerprint density at radius 1 is 1.20 bits per heavy atom. The Morgan fingerprint density at radius 2 is 2.04 bits per heavy atom. The second-order valence-corrected chi connectivity index (χ2v) is 5.61. The summed E-state index contributed by atoms with van der Waals surface area (Å²) in [7, 11) is 1.83. The van der Waals surface area contributed by atoms with Crippen LogP contribution in [-0.2, 0) is 24.8 Å². The lowest BCUT2D eigenvalue weighted by Gasteiger charge is -2.08. The summed E-state index contributed by atoms with van der Waals surface area (Å²) < 4.78 is 28.2. The van der Waals surface area contributed by atoms with Crippen molar-refractivity contribution in [3.63, 3.8) is 0 Å². The molecule has 0 bridgehead atoms. The fourth-order valence-corrected chi connectivity index (χ4v) is 2.48. The van der Waals surface area contributed by atoms with Gasteiger partial charge in [-0.1, -0.05) is 6.07 Å². The molecule has 0 spiro atoms. The van der Waals surface area contributed by atoms with Crippen molar-refractivity contribution in [3.8, 4) is 11.3 Å². The molecular weight excluding hydrogens is 326 g/mol. The van der Waals surface area contributed by atoms with Crippen LogP contribution in [0, 0.1) is 11.6 Å². The number of halogens is 2. The third kappa shape index (κ3) is 4.06. The molecule has 0 saturated carbocycles. The number of amides is 1. The van der Waals surface area contributed by atoms with Gasteiger partial charge in [0.1, 0.15) is 11.6 Å². The number of carbonyl (C=O) groups is 1. The second-order valence-electron chi connectivity index (χ2n) is 5.61. The van der Waals surface area contributed by atoms with E-state index in [4.69, 9.17) is 0 Å². The van der Waals surface area contributed by atoms with Gasteiger partial charge in [-0.15, -0.1) is 0 Å². The minimum absolute atomic E-state index is 0.152. The van der Waals surface area contributed by atoms with Crippen LogP contribution in [0.2, 0.25) is 0 Å². The molecule has 1 N–H and O–H groups in total. The van der Waals surface area contributed by atoms with Gasteiger partial charge in [0.25, 0.3) is 0 Å². The van der Waals surface area contributed by atoms with E-state index in [1.807, 2.05) is 19.2 Å². The highest BCUT2D eigenvalue weighted by Gasteiger charge is 2.10. The van der Waals surface area contributed by atoms with Crippen molar-refractivity contribution in [3.05, 3.63) is 71.7 Å². The zero-order valence-corrected chi connectivity index (χ0v) is 13.5. The standard InChI is InChI=1S/C18H16F2N4O/c1-24-17(4-5-23-24)14-6-12(9-21-11-14)10-22-18(25)7-13-2-3-15(19)8-16(13)20/h2-6,8-9,11H,7,10H2,1H3,(H,22,25). The Labute approximate surface area is 143 Å². The summed E-state index contributed by atoms with van der Waals surface area (Å²) in [5, 5.41) is 6.83. The van der Waals surface area contributed by atoms with Crippen LogP contribution in [0.5, 0.6) is 0 Å². The number of aromatic nitrogens is 3. The molecule has 2 aromatic heterocycles. The predicted octanol–water partition coefficient (Wildman–Crippen LogP) is 2.62. The second kappa shape index (κ2) is 7.21. The van der Waals surface area contributed by atoms with Crippen molar-refractivity contribution < 1.29 is 13.6 Å². The molecule has 5 nitrogen and oxygen atoms in total. The van der Waals surface area contributed by atoms with Crippen LogP contribution in [0.25, 0.3) is 11.3 Å². The summed E-state index contributed by atoms with van der Waals surface area (Å²) in [4.78, 5) is 16.2. The van der Waals surface area contributed by atoms with Gasteiger partial charge in [0.05, 0.1) is 12.1 Å². The molecule has 7 heteroatoms. The van der Waals surface area contributed by atoms with E-state index in [1.54, 1.807) is 23.3 Å². The number of hydrogen-bond donors (Lipinski definition) is 1. The summed E-state index contributed by atoms with van der Waals surface area (Å²) in [6, 6.07) is 6.95. The molecule has 0 saturated heterocycles. The first-order valence-corrected chi connectivity index (χ1v) is 7.66. The maximum Gasteiger partial charge on any atom is 0.224 e. The Morgan fingerprint density at radius 3 is 2.76 bits per heavy atom. The number of carbonyl (C=O) groups excluding carboxylic acids is 1. The Kier molecular flexibility index (Phi) is 4.83. The van der Waals surface area contributed by atoms with Gasteiger partial charge in [-0.05, 0) is 29.3 Å². The third-order valence-corrected chi connectivity index (χ3v) is 3.77. The molecule has 2 heterocycles. The van der Waals surface area contributed by atoms with E-state index < -0.39 is 11.6 Å². The van der Waals surface area contributed by atoms with E-state index in [9.17, 15) is 13.6 Å². The van der Waals surface area contributed by atoms with E-state index in [-0.39, 0.29) is 24.4 Å². The summed E-state index contributed by atoms with van der Waals surface area (Å²) in [6.07, 6.45) is 4.91. The van der Waals surface area contributed by atoms with Crippen molar-refractivity contribution >= 4 is 5.91 Å². The summed E-state index contributed by atoms with van der Waals surface area (Å²) >= 11 is 0. The molecule has 0 unspecified atom stereocenters. The SMILES string of the molecule is Cn1nccc1-c1cncc(CNC(=O)Cc2ccc(F)cc2F)c1. The van der Waals surface area contributed by atoms with Crippen LogP contribution in [0.15, 0.2) is 48.9 Å². The van der Waals surface area contributed by atoms with Crippen molar-refractivity contribution in [2.45, 2.75) is 13.0 Å². The molecule has 3 rings (SSSR count). The van der Waals surface area contributed by atoms with Crippen LogP contribution in [0.4, 0.5) is 8.78 Å². The maximum atomic E-state index is 13.6. The van der Waals surface area contributed by atoms with E-state index in [2.05, 4.69) is 15.4 Å². The van der Waals surface area contributed by atoms with Crippen molar-refractivity contribution in [1.82, 2.24) is 20.1 Å². The Balaban J connectivity index is 1.63. The molecule has 0 aliphatic heterocycles. The average Bonchev–Trinajstić information content (AvgIpc) is 3.02. The van der Waals surface area contributed by atoms with E-state index >= 15 is 0 Å². The number of aryl methyl sites for hydroxylation is 1. The third-order valence-electron chi connectivity index (χ3n) is 3.77. The van der Waals surface area contributed by atoms with Gasteiger partial charge in [-0.2, -0.15) is 5.10 Å². The predicted molar refractivity (Wildman–Crippen MR) is 88.3 cm³/mol. The summed E-state index contributed by atoms with van der Waals surface area (Å²) in [5.41, 5.74) is 2.76. The van der Waals surface area contributed by atoms with E-state index in [1.165, 1.54) is 6.07 Å². The highest BCUT2D eigenvalue weighted by Crippen LogP contribution is 2.18. The molecule has 0 aliphatic carbocycles. The number of nitrogens with zero attached hydrogens (tertiary/aromatic N) is 3. The lowest BCUT2D eigenvalue weighted by Crippen LogP contribution is -2.25. The smallest absolute Gasteiger partial charge is 0.224 e. The van der Waals surface area contributed by atoms with Gasteiger partial charge < -0.3 is 5.32 Å². The number of nitrogens with one attached hydrogen (secondary N) is 1. The van der Waals surface area contributed by atoms with Crippen molar-refractivity contribution in [1.29, 1.82) is 0 Å². The van der Waals surface area contributed by atoms with Crippen molar-refractivity contribution in [2.24, 2.45) is 7.05 Å². The monoisotopic (exact) mass is 342 g/mol. The fraction of sp³-hybridized carbons (Fsp3) is 0.167. The molecular formula is C18H16F2N4O. The number of benzene rings is 1. The topological polar surface area (TPSA) is 59.8 Å². The first-order valence-electron chi connectivity index (χ1n) is 7.66. The number of pyridine rings is 1. The van der Waals surface area contributed by atoms with Gasteiger partial charge in [0, 0.05) is 43.8 Å². The average molecular weight is 342 g/mol. The zero-order valence-electron chi connectivity index (χ0n) is 13.5. The van der Waals surface area contributed by atoms with Gasteiger partial charge in [0.15, 0.2) is 0 Å². The fourth-order valence-electron chi connectivity index (χ4n) is 2.48. The highest BCUT2D eigenvalue weighted by molar-refractivity contribution is 5.78. The lowest BCUT2D eigenvalue weighted by atomic mass is 10.1. The largest absolute Gasteiger partial charge is 0.352 e. The van der Waals surface area contributed by atoms with Crippen LogP contribution in [0.3, 0.4) is 0 Å². The molecule has 3 aromatic rings. The zero-order chi connectivity index (χ0) is 17.8. The van der Waals surface area contributed by atoms with Crippen LogP contribution < -0.4 is 5.32 Å². The molecule has 0 atom stereocenters. The van der Waals surface area contributed by atoms with Gasteiger partial charge in [0.2, 0.25) is 5.91 Å². The minimum atomic E-state index is -0.727. The first-order chi connectivity index (χ1) is 12.0. The van der Waals surface area contributed by atoms with Gasteiger partial charge >= 0.3 is 0 Å². The van der Waals surface area contributed by atoms with Crippen molar-refractivity contribution in [2.75, 3.05) is 0 Å². The normalized spacial score (nSPS) is 10.7. The maximum absolute atomic E-state index is 13.6.